The fraction of sp³-hybridized carbons (Fsp3) is 0.0417. The molecular weight excluding hydrogens is 426 g/mol. The minimum Gasteiger partial charge on any atom is -0.309 e. The monoisotopic (exact) mass is 443 g/mol. The average molecular weight is 444 g/mol. The quantitative estimate of drug-likeness (QED) is 0.457. The van der Waals surface area contributed by atoms with E-state index in [1.165, 1.54) is 23.5 Å². The second-order valence-electron chi connectivity index (χ2n) is 6.91. The molecule has 152 valence electrons. The molecule has 0 aliphatic carbocycles. The van der Waals surface area contributed by atoms with Crippen LogP contribution >= 0.6 is 23.5 Å². The van der Waals surface area contributed by atoms with Gasteiger partial charge in [-0.15, -0.1) is 0 Å². The Hall–Kier alpha value is -3.29. The second-order valence-corrected chi connectivity index (χ2v) is 9.58. The number of nitrogens with zero attached hydrogens (tertiary/aromatic N) is 2. The third kappa shape index (κ3) is 3.78. The number of amides is 1. The fourth-order valence-electron chi connectivity index (χ4n) is 3.32. The zero-order valence-electron chi connectivity index (χ0n) is 16.3. The number of nitrogens with one attached hydrogen (secondary N) is 1. The Morgan fingerprint density at radius 3 is 2.16 bits per heavy atom. The number of carbonyl (C=O) groups is 2. The number of hydrazone groups is 1. The normalized spacial score (nSPS) is 21.4. The van der Waals surface area contributed by atoms with Crippen molar-refractivity contribution in [1.29, 1.82) is 0 Å². The van der Waals surface area contributed by atoms with Crippen molar-refractivity contribution in [1.82, 2.24) is 5.32 Å². The van der Waals surface area contributed by atoms with Gasteiger partial charge in [-0.25, -0.2) is 5.01 Å². The SMILES string of the molecule is O=C1NC2(SC1=Cc1ccccc1)SC(C(=O)c1ccccc1)=NN2c1ccccc1. The van der Waals surface area contributed by atoms with Crippen molar-refractivity contribution >= 4 is 52.0 Å². The van der Waals surface area contributed by atoms with E-state index in [4.69, 9.17) is 0 Å². The number of anilines is 1. The number of ketones is 1. The van der Waals surface area contributed by atoms with Crippen LogP contribution in [0.5, 0.6) is 0 Å². The molecule has 5 nitrogen and oxygen atoms in total. The van der Waals surface area contributed by atoms with Gasteiger partial charge in [0.2, 0.25) is 10.1 Å². The number of benzene rings is 3. The van der Waals surface area contributed by atoms with E-state index in [2.05, 4.69) is 10.4 Å². The molecule has 1 N–H and O–H groups in total. The highest BCUT2D eigenvalue weighted by atomic mass is 32.2. The molecule has 1 amide bonds. The molecule has 1 unspecified atom stereocenters. The van der Waals surface area contributed by atoms with Crippen molar-refractivity contribution < 1.29 is 9.59 Å². The molecule has 2 aliphatic rings. The number of para-hydroxylation sites is 1. The highest BCUT2D eigenvalue weighted by molar-refractivity contribution is 8.29. The summed E-state index contributed by atoms with van der Waals surface area (Å²) in [5, 5.41) is 9.77. The number of carbonyl (C=O) groups excluding carboxylic acids is 2. The first-order chi connectivity index (χ1) is 15.1. The summed E-state index contributed by atoms with van der Waals surface area (Å²) in [6, 6.07) is 28.3. The van der Waals surface area contributed by atoms with E-state index in [1.54, 1.807) is 17.1 Å². The maximum absolute atomic E-state index is 13.1. The summed E-state index contributed by atoms with van der Waals surface area (Å²) < 4.78 is -0.959. The summed E-state index contributed by atoms with van der Waals surface area (Å²) in [6.45, 7) is 0. The molecule has 7 heteroatoms. The van der Waals surface area contributed by atoms with Crippen LogP contribution in [-0.2, 0) is 4.79 Å². The van der Waals surface area contributed by atoms with Gasteiger partial charge in [0.1, 0.15) is 0 Å². The van der Waals surface area contributed by atoms with E-state index in [-0.39, 0.29) is 11.7 Å². The molecule has 2 heterocycles. The first-order valence-corrected chi connectivity index (χ1v) is 11.3. The van der Waals surface area contributed by atoms with Crippen LogP contribution < -0.4 is 10.3 Å². The van der Waals surface area contributed by atoms with Gasteiger partial charge >= 0.3 is 0 Å². The van der Waals surface area contributed by atoms with E-state index in [0.717, 1.165) is 11.3 Å². The lowest BCUT2D eigenvalue weighted by Gasteiger charge is -2.30. The van der Waals surface area contributed by atoms with Crippen molar-refractivity contribution in [3.8, 4) is 0 Å². The van der Waals surface area contributed by atoms with Crippen molar-refractivity contribution in [3.63, 3.8) is 0 Å². The average Bonchev–Trinajstić information content (AvgIpc) is 3.34. The Labute approximate surface area is 188 Å². The summed E-state index contributed by atoms with van der Waals surface area (Å²) in [4.78, 5) is 26.6. The lowest BCUT2D eigenvalue weighted by Crippen LogP contribution is -2.47. The minimum absolute atomic E-state index is 0.168. The van der Waals surface area contributed by atoms with E-state index < -0.39 is 4.33 Å². The van der Waals surface area contributed by atoms with Gasteiger partial charge in [0, 0.05) is 5.56 Å². The topological polar surface area (TPSA) is 61.8 Å². The molecule has 0 aromatic heterocycles. The van der Waals surface area contributed by atoms with Crippen LogP contribution in [0.25, 0.3) is 6.08 Å². The number of thioether (sulfide) groups is 2. The molecule has 0 saturated carbocycles. The molecule has 0 radical (unpaired) electrons. The zero-order chi connectivity index (χ0) is 21.3. The largest absolute Gasteiger partial charge is 0.309 e. The van der Waals surface area contributed by atoms with Crippen LogP contribution in [0.4, 0.5) is 5.69 Å². The molecule has 1 atom stereocenters. The highest BCUT2D eigenvalue weighted by Crippen LogP contribution is 2.53. The number of hydrogen-bond donors (Lipinski definition) is 1. The molecule has 5 rings (SSSR count). The summed E-state index contributed by atoms with van der Waals surface area (Å²) in [7, 11) is 0. The molecule has 2 aliphatic heterocycles. The molecule has 0 bridgehead atoms. The van der Waals surface area contributed by atoms with Crippen LogP contribution in [0, 0.1) is 0 Å². The zero-order valence-corrected chi connectivity index (χ0v) is 17.9. The molecule has 31 heavy (non-hydrogen) atoms. The van der Waals surface area contributed by atoms with Crippen LogP contribution in [-0.4, -0.2) is 21.1 Å². The molecule has 3 aromatic rings. The van der Waals surface area contributed by atoms with Crippen LogP contribution in [0.2, 0.25) is 0 Å². The molecule has 3 aromatic carbocycles. The third-order valence-corrected chi connectivity index (χ3v) is 7.36. The Morgan fingerprint density at radius 2 is 1.48 bits per heavy atom. The van der Waals surface area contributed by atoms with E-state index in [9.17, 15) is 9.59 Å². The summed E-state index contributed by atoms with van der Waals surface area (Å²) >= 11 is 2.63. The van der Waals surface area contributed by atoms with Crippen molar-refractivity contribution in [2.75, 3.05) is 5.01 Å². The second kappa shape index (κ2) is 8.09. The summed E-state index contributed by atoms with van der Waals surface area (Å²) in [5.74, 6) is -0.357. The van der Waals surface area contributed by atoms with Crippen LogP contribution in [0.15, 0.2) is 101 Å². The Kier molecular flexibility index (Phi) is 5.13. The molecule has 1 fully saturated rings. The first-order valence-electron chi connectivity index (χ1n) is 9.65. The van der Waals surface area contributed by atoms with Crippen molar-refractivity contribution in [2.45, 2.75) is 4.33 Å². The van der Waals surface area contributed by atoms with Gasteiger partial charge in [-0.3, -0.25) is 9.59 Å². The van der Waals surface area contributed by atoms with Gasteiger partial charge in [0.25, 0.3) is 5.91 Å². The summed E-state index contributed by atoms with van der Waals surface area (Å²) in [5.41, 5.74) is 2.29. The van der Waals surface area contributed by atoms with E-state index in [0.29, 0.717) is 15.5 Å². The Balaban J connectivity index is 1.52. The van der Waals surface area contributed by atoms with E-state index >= 15 is 0 Å². The highest BCUT2D eigenvalue weighted by Gasteiger charge is 2.54. The number of rotatable bonds is 4. The molecule has 1 saturated heterocycles. The maximum atomic E-state index is 13.1. The van der Waals surface area contributed by atoms with Gasteiger partial charge in [-0.05, 0) is 35.5 Å². The van der Waals surface area contributed by atoms with Gasteiger partial charge in [0.15, 0.2) is 5.04 Å². The summed E-state index contributed by atoms with van der Waals surface area (Å²) in [6.07, 6.45) is 1.86. The Bertz CT molecular complexity index is 1200. The van der Waals surface area contributed by atoms with Crippen molar-refractivity contribution in [3.05, 3.63) is 107 Å². The smallest absolute Gasteiger partial charge is 0.261 e. The fourth-order valence-corrected chi connectivity index (χ4v) is 5.97. The lowest BCUT2D eigenvalue weighted by atomic mass is 10.1. The number of hydrogen-bond acceptors (Lipinski definition) is 6. The van der Waals surface area contributed by atoms with Gasteiger partial charge in [-0.2, -0.15) is 5.10 Å². The molecule has 1 spiro atoms. The standard InChI is InChI=1S/C24H17N3O2S2/c28-21(18-12-6-2-7-13-18)23-26-27(19-14-8-3-9-15-19)24(31-23)25-22(29)20(30-24)16-17-10-4-1-5-11-17/h1-16H,(H,25,29). The molecular formula is C24H17N3O2S2. The minimum atomic E-state index is -0.959. The first kappa shape index (κ1) is 19.7. The van der Waals surface area contributed by atoms with Crippen LogP contribution in [0.3, 0.4) is 0 Å². The lowest BCUT2D eigenvalue weighted by molar-refractivity contribution is -0.116. The van der Waals surface area contributed by atoms with E-state index in [1.807, 2.05) is 84.9 Å². The maximum Gasteiger partial charge on any atom is 0.261 e. The van der Waals surface area contributed by atoms with Gasteiger partial charge in [-0.1, -0.05) is 90.6 Å². The third-order valence-electron chi connectivity index (χ3n) is 4.78. The van der Waals surface area contributed by atoms with Gasteiger partial charge < -0.3 is 5.32 Å². The van der Waals surface area contributed by atoms with Crippen molar-refractivity contribution in [2.24, 2.45) is 5.10 Å². The Morgan fingerprint density at radius 1 is 0.871 bits per heavy atom. The predicted octanol–water partition coefficient (Wildman–Crippen LogP) is 4.95. The van der Waals surface area contributed by atoms with Crippen LogP contribution in [0.1, 0.15) is 15.9 Å². The number of Topliss-reactive ketones (excluding diaryl/α,β-unsaturated/α-hetero) is 1. The van der Waals surface area contributed by atoms with Gasteiger partial charge in [0.05, 0.1) is 10.6 Å². The predicted molar refractivity (Wildman–Crippen MR) is 128 cm³/mol.